The van der Waals surface area contributed by atoms with Crippen LogP contribution in [-0.4, -0.2) is 54.5 Å². The van der Waals surface area contributed by atoms with Crippen molar-refractivity contribution in [1.82, 2.24) is 4.90 Å². The van der Waals surface area contributed by atoms with E-state index in [1.165, 1.54) is 0 Å². The first-order chi connectivity index (χ1) is 7.03. The Morgan fingerprint density at radius 1 is 1.60 bits per heavy atom. The largest absolute Gasteiger partial charge is 0.389 e. The Bertz CT molecular complexity index is 185. The minimum absolute atomic E-state index is 0.340. The molecule has 1 aliphatic heterocycles. The molecule has 4 heteroatoms. The number of morpholine rings is 1. The zero-order chi connectivity index (χ0) is 11.3. The molecule has 0 aliphatic carbocycles. The summed E-state index contributed by atoms with van der Waals surface area (Å²) in [7, 11) is 0. The van der Waals surface area contributed by atoms with Gasteiger partial charge in [-0.3, -0.25) is 4.90 Å². The predicted molar refractivity (Wildman–Crippen MR) is 60.8 cm³/mol. The van der Waals surface area contributed by atoms with E-state index in [0.29, 0.717) is 12.6 Å². The number of hydrogen-bond acceptors (Lipinski definition) is 4. The molecule has 0 aromatic heterocycles. The van der Waals surface area contributed by atoms with Crippen LogP contribution in [0.4, 0.5) is 0 Å². The Labute approximate surface area is 92.4 Å². The van der Waals surface area contributed by atoms with Crippen molar-refractivity contribution in [3.05, 3.63) is 0 Å². The maximum Gasteiger partial charge on any atom is 0.0741 e. The Hall–Kier alpha value is -0.160. The fraction of sp³-hybridized carbons (Fsp3) is 1.00. The number of hydrogen-bond donors (Lipinski definition) is 2. The van der Waals surface area contributed by atoms with Crippen molar-refractivity contribution in [3.8, 4) is 0 Å². The molecule has 4 nitrogen and oxygen atoms in total. The highest BCUT2D eigenvalue weighted by atomic mass is 16.5. The average Bonchev–Trinajstić information content (AvgIpc) is 2.18. The topological polar surface area (TPSA) is 58.7 Å². The standard InChI is InChI=1S/C11H24N2O2/c1-10-8-13(6-7-15-10)5-3-4-11(2,14)9-12/h10,14H,3-9,12H2,1-2H3. The summed E-state index contributed by atoms with van der Waals surface area (Å²) >= 11 is 0. The monoisotopic (exact) mass is 216 g/mol. The molecule has 1 rings (SSSR count). The lowest BCUT2D eigenvalue weighted by Gasteiger charge is -2.31. The molecule has 1 saturated heterocycles. The summed E-state index contributed by atoms with van der Waals surface area (Å²) in [5, 5.41) is 9.74. The van der Waals surface area contributed by atoms with E-state index in [9.17, 15) is 5.11 Å². The van der Waals surface area contributed by atoms with Crippen molar-refractivity contribution in [3.63, 3.8) is 0 Å². The number of ether oxygens (including phenoxy) is 1. The lowest BCUT2D eigenvalue weighted by molar-refractivity contribution is -0.0213. The smallest absolute Gasteiger partial charge is 0.0741 e. The van der Waals surface area contributed by atoms with E-state index in [4.69, 9.17) is 10.5 Å². The number of aliphatic hydroxyl groups is 1. The van der Waals surface area contributed by atoms with Crippen LogP contribution in [-0.2, 0) is 4.74 Å². The van der Waals surface area contributed by atoms with Crippen LogP contribution >= 0.6 is 0 Å². The molecule has 2 unspecified atom stereocenters. The highest BCUT2D eigenvalue weighted by molar-refractivity contribution is 4.75. The lowest BCUT2D eigenvalue weighted by Crippen LogP contribution is -2.42. The van der Waals surface area contributed by atoms with Crippen molar-refractivity contribution in [2.45, 2.75) is 38.4 Å². The van der Waals surface area contributed by atoms with Gasteiger partial charge in [-0.15, -0.1) is 0 Å². The van der Waals surface area contributed by atoms with Crippen molar-refractivity contribution >= 4 is 0 Å². The fourth-order valence-electron chi connectivity index (χ4n) is 1.88. The second-order valence-corrected chi connectivity index (χ2v) is 4.79. The first-order valence-electron chi connectivity index (χ1n) is 5.80. The van der Waals surface area contributed by atoms with E-state index < -0.39 is 5.60 Å². The normalized spacial score (nSPS) is 27.6. The molecule has 0 bridgehead atoms. The van der Waals surface area contributed by atoms with E-state index in [1.54, 1.807) is 6.92 Å². The van der Waals surface area contributed by atoms with Crippen LogP contribution in [0.25, 0.3) is 0 Å². The molecule has 1 heterocycles. The van der Waals surface area contributed by atoms with Crippen LogP contribution < -0.4 is 5.73 Å². The SMILES string of the molecule is CC1CN(CCCC(C)(O)CN)CCO1. The Morgan fingerprint density at radius 2 is 2.33 bits per heavy atom. The quantitative estimate of drug-likeness (QED) is 0.689. The minimum Gasteiger partial charge on any atom is -0.389 e. The molecule has 15 heavy (non-hydrogen) atoms. The van der Waals surface area contributed by atoms with Gasteiger partial charge in [-0.1, -0.05) is 0 Å². The molecule has 0 spiro atoms. The van der Waals surface area contributed by atoms with Gasteiger partial charge in [-0.05, 0) is 33.2 Å². The molecule has 2 atom stereocenters. The summed E-state index contributed by atoms with van der Waals surface area (Å²) in [4.78, 5) is 2.39. The minimum atomic E-state index is -0.697. The van der Waals surface area contributed by atoms with Crippen LogP contribution in [0.15, 0.2) is 0 Å². The van der Waals surface area contributed by atoms with Gasteiger partial charge in [-0.25, -0.2) is 0 Å². The van der Waals surface area contributed by atoms with Gasteiger partial charge in [0.15, 0.2) is 0 Å². The van der Waals surface area contributed by atoms with Crippen LogP contribution in [0.5, 0.6) is 0 Å². The highest BCUT2D eigenvalue weighted by Crippen LogP contribution is 2.12. The summed E-state index contributed by atoms with van der Waals surface area (Å²) in [5.74, 6) is 0. The molecule has 1 aliphatic rings. The Balaban J connectivity index is 2.14. The van der Waals surface area contributed by atoms with E-state index >= 15 is 0 Å². The van der Waals surface area contributed by atoms with Gasteiger partial charge >= 0.3 is 0 Å². The van der Waals surface area contributed by atoms with Gasteiger partial charge in [-0.2, -0.15) is 0 Å². The third-order valence-corrected chi connectivity index (χ3v) is 2.95. The Morgan fingerprint density at radius 3 is 2.93 bits per heavy atom. The zero-order valence-electron chi connectivity index (χ0n) is 9.91. The summed E-state index contributed by atoms with van der Waals surface area (Å²) in [5.41, 5.74) is 4.77. The van der Waals surface area contributed by atoms with Crippen molar-refractivity contribution in [2.24, 2.45) is 5.73 Å². The second kappa shape index (κ2) is 5.80. The maximum absolute atomic E-state index is 9.74. The van der Waals surface area contributed by atoms with Gasteiger partial charge in [0.2, 0.25) is 0 Å². The maximum atomic E-state index is 9.74. The molecule has 3 N–H and O–H groups in total. The summed E-state index contributed by atoms with van der Waals surface area (Å²) in [6.07, 6.45) is 2.11. The summed E-state index contributed by atoms with van der Waals surface area (Å²) in [6.45, 7) is 8.11. The predicted octanol–water partition coefficient (Wildman–Crippen LogP) is 0.197. The number of nitrogens with zero attached hydrogens (tertiary/aromatic N) is 1. The van der Waals surface area contributed by atoms with E-state index in [1.807, 2.05) is 0 Å². The summed E-state index contributed by atoms with van der Waals surface area (Å²) < 4.78 is 5.47. The Kier molecular flexibility index (Phi) is 4.99. The van der Waals surface area contributed by atoms with Gasteiger partial charge in [0.25, 0.3) is 0 Å². The molecule has 90 valence electrons. The first-order valence-corrected chi connectivity index (χ1v) is 5.80. The van der Waals surface area contributed by atoms with Crippen LogP contribution in [0, 0.1) is 0 Å². The number of rotatable bonds is 5. The number of nitrogens with two attached hydrogens (primary N) is 1. The molecule has 0 radical (unpaired) electrons. The van der Waals surface area contributed by atoms with Crippen LogP contribution in [0.3, 0.4) is 0 Å². The van der Waals surface area contributed by atoms with E-state index in [-0.39, 0.29) is 0 Å². The molecule has 0 aromatic carbocycles. The van der Waals surface area contributed by atoms with Gasteiger partial charge in [0, 0.05) is 19.6 Å². The van der Waals surface area contributed by atoms with Gasteiger partial charge in [0.05, 0.1) is 18.3 Å². The lowest BCUT2D eigenvalue weighted by atomic mass is 10.0. The molecular formula is C11H24N2O2. The average molecular weight is 216 g/mol. The van der Waals surface area contributed by atoms with Crippen molar-refractivity contribution < 1.29 is 9.84 Å². The van der Waals surface area contributed by atoms with E-state index in [0.717, 1.165) is 39.1 Å². The fourth-order valence-corrected chi connectivity index (χ4v) is 1.88. The van der Waals surface area contributed by atoms with Gasteiger partial charge in [0.1, 0.15) is 0 Å². The van der Waals surface area contributed by atoms with E-state index in [2.05, 4.69) is 11.8 Å². The third-order valence-electron chi connectivity index (χ3n) is 2.95. The second-order valence-electron chi connectivity index (χ2n) is 4.79. The highest BCUT2D eigenvalue weighted by Gasteiger charge is 2.20. The van der Waals surface area contributed by atoms with Crippen molar-refractivity contribution in [1.29, 1.82) is 0 Å². The molecular weight excluding hydrogens is 192 g/mol. The zero-order valence-corrected chi connectivity index (χ0v) is 9.91. The first kappa shape index (κ1) is 12.9. The summed E-state index contributed by atoms with van der Waals surface area (Å²) in [6, 6.07) is 0. The molecule has 0 amide bonds. The van der Waals surface area contributed by atoms with Crippen molar-refractivity contribution in [2.75, 3.05) is 32.8 Å². The molecule has 0 aromatic rings. The third kappa shape index (κ3) is 4.93. The van der Waals surface area contributed by atoms with Crippen LogP contribution in [0.2, 0.25) is 0 Å². The molecule has 0 saturated carbocycles. The molecule has 1 fully saturated rings. The van der Waals surface area contributed by atoms with Gasteiger partial charge < -0.3 is 15.6 Å². The van der Waals surface area contributed by atoms with Crippen LogP contribution in [0.1, 0.15) is 26.7 Å².